The van der Waals surface area contributed by atoms with Crippen LogP contribution in [0.5, 0.6) is 0 Å². The average molecular weight is 262 g/mol. The third-order valence-corrected chi connectivity index (χ3v) is 3.50. The van der Waals surface area contributed by atoms with Gasteiger partial charge in [0, 0.05) is 37.7 Å². The van der Waals surface area contributed by atoms with Crippen molar-refractivity contribution in [3.05, 3.63) is 0 Å². The topological polar surface area (TPSA) is 81.1 Å². The van der Waals surface area contributed by atoms with Gasteiger partial charge < -0.3 is 10.2 Å². The Morgan fingerprint density at radius 3 is 1.65 bits per heavy atom. The molecule has 0 aromatic rings. The smallest absolute Gasteiger partial charge is 0.317 e. The number of carboxylic acids is 2. The predicted octanol–water partition coefficient (Wildman–Crippen LogP) is -0.494. The van der Waals surface area contributed by atoms with Crippen LogP contribution in [0.25, 0.3) is 0 Å². The molecule has 2 N–H and O–H groups in total. The van der Waals surface area contributed by atoms with E-state index in [-0.39, 0.29) is 13.1 Å². The molecular formula is C10H18N2O4S. The summed E-state index contributed by atoms with van der Waals surface area (Å²) in [5.41, 5.74) is 0. The van der Waals surface area contributed by atoms with Crippen molar-refractivity contribution in [3.8, 4) is 0 Å². The minimum Gasteiger partial charge on any atom is -0.480 e. The van der Waals surface area contributed by atoms with Gasteiger partial charge in [-0.3, -0.25) is 19.4 Å². The third-order valence-electron chi connectivity index (χ3n) is 2.55. The fraction of sp³-hybridized carbons (Fsp3) is 0.800. The summed E-state index contributed by atoms with van der Waals surface area (Å²) in [4.78, 5) is 25.0. The van der Waals surface area contributed by atoms with Gasteiger partial charge >= 0.3 is 11.9 Å². The quantitative estimate of drug-likeness (QED) is 0.707. The van der Waals surface area contributed by atoms with Gasteiger partial charge in [0.1, 0.15) is 0 Å². The molecule has 1 rings (SSSR count). The van der Waals surface area contributed by atoms with E-state index in [1.165, 1.54) is 0 Å². The minimum absolute atomic E-state index is 0.0292. The lowest BCUT2D eigenvalue weighted by molar-refractivity contribution is -0.140. The summed E-state index contributed by atoms with van der Waals surface area (Å²) in [6.07, 6.45) is 0. The van der Waals surface area contributed by atoms with Crippen molar-refractivity contribution in [3.63, 3.8) is 0 Å². The van der Waals surface area contributed by atoms with E-state index in [0.717, 1.165) is 24.6 Å². The summed E-state index contributed by atoms with van der Waals surface area (Å²) in [5, 5.41) is 17.5. The van der Waals surface area contributed by atoms with Crippen molar-refractivity contribution in [2.75, 3.05) is 50.8 Å². The highest BCUT2D eigenvalue weighted by atomic mass is 32.2. The standard InChI is InChI=1S/C10H18N2O4S/c13-9(14)7-11-1-2-12(8-10(15)16)4-6-17-5-3-11/h1-8H2,(H,13,14)(H,15,16). The zero-order chi connectivity index (χ0) is 12.7. The molecule has 0 aromatic carbocycles. The highest BCUT2D eigenvalue weighted by molar-refractivity contribution is 7.99. The largest absolute Gasteiger partial charge is 0.480 e. The Hall–Kier alpha value is -0.790. The number of hydrogen-bond donors (Lipinski definition) is 2. The van der Waals surface area contributed by atoms with Crippen molar-refractivity contribution in [2.45, 2.75) is 0 Å². The first-order chi connectivity index (χ1) is 8.08. The number of carboxylic acid groups (broad SMARTS) is 2. The maximum atomic E-state index is 10.7. The third kappa shape index (κ3) is 6.50. The van der Waals surface area contributed by atoms with E-state index in [1.807, 2.05) is 9.80 Å². The molecule has 7 heteroatoms. The molecule has 0 aliphatic carbocycles. The molecule has 0 saturated carbocycles. The van der Waals surface area contributed by atoms with E-state index < -0.39 is 11.9 Å². The van der Waals surface area contributed by atoms with Crippen molar-refractivity contribution in [1.82, 2.24) is 9.80 Å². The lowest BCUT2D eigenvalue weighted by atomic mass is 10.4. The van der Waals surface area contributed by atoms with Crippen LogP contribution in [0.3, 0.4) is 0 Å². The zero-order valence-corrected chi connectivity index (χ0v) is 10.5. The monoisotopic (exact) mass is 262 g/mol. The molecule has 6 nitrogen and oxygen atoms in total. The molecule has 0 spiro atoms. The Morgan fingerprint density at radius 1 is 0.882 bits per heavy atom. The Bertz CT molecular complexity index is 249. The van der Waals surface area contributed by atoms with Crippen LogP contribution in [-0.4, -0.2) is 82.7 Å². The van der Waals surface area contributed by atoms with E-state index >= 15 is 0 Å². The Labute approximate surface area is 105 Å². The number of aliphatic carboxylic acids is 2. The summed E-state index contributed by atoms with van der Waals surface area (Å²) >= 11 is 1.73. The van der Waals surface area contributed by atoms with Gasteiger partial charge in [-0.2, -0.15) is 11.8 Å². The van der Waals surface area contributed by atoms with Crippen LogP contribution in [0.4, 0.5) is 0 Å². The summed E-state index contributed by atoms with van der Waals surface area (Å²) in [6, 6.07) is 0. The maximum Gasteiger partial charge on any atom is 0.317 e. The lowest BCUT2D eigenvalue weighted by Gasteiger charge is -2.23. The summed E-state index contributed by atoms with van der Waals surface area (Å²) in [6.45, 7) is 2.78. The fourth-order valence-corrected chi connectivity index (χ4v) is 2.67. The molecule has 1 saturated heterocycles. The molecule has 0 unspecified atom stereocenters. The van der Waals surface area contributed by atoms with Crippen molar-refractivity contribution < 1.29 is 19.8 Å². The molecule has 0 atom stereocenters. The van der Waals surface area contributed by atoms with Gasteiger partial charge in [-0.05, 0) is 0 Å². The lowest BCUT2D eigenvalue weighted by Crippen LogP contribution is -2.40. The van der Waals surface area contributed by atoms with Gasteiger partial charge in [0.15, 0.2) is 0 Å². The van der Waals surface area contributed by atoms with Gasteiger partial charge in [0.05, 0.1) is 13.1 Å². The first-order valence-electron chi connectivity index (χ1n) is 5.54. The number of rotatable bonds is 4. The first-order valence-corrected chi connectivity index (χ1v) is 6.69. The second kappa shape index (κ2) is 7.52. The SMILES string of the molecule is O=C(O)CN1CCSCCN(CC(=O)O)CC1. The summed E-state index contributed by atoms with van der Waals surface area (Å²) in [7, 11) is 0. The van der Waals surface area contributed by atoms with Crippen LogP contribution in [0.15, 0.2) is 0 Å². The van der Waals surface area contributed by atoms with Gasteiger partial charge in [-0.1, -0.05) is 0 Å². The molecule has 1 aliphatic heterocycles. The highest BCUT2D eigenvalue weighted by Gasteiger charge is 2.15. The second-order valence-corrected chi connectivity index (χ2v) is 5.18. The van der Waals surface area contributed by atoms with E-state index in [1.54, 1.807) is 11.8 Å². The van der Waals surface area contributed by atoms with Crippen LogP contribution >= 0.6 is 11.8 Å². The molecule has 98 valence electrons. The number of hydrogen-bond acceptors (Lipinski definition) is 5. The first kappa shape index (κ1) is 14.3. The number of carbonyl (C=O) groups is 2. The van der Waals surface area contributed by atoms with Crippen LogP contribution in [0.1, 0.15) is 0 Å². The number of nitrogens with zero attached hydrogens (tertiary/aromatic N) is 2. The van der Waals surface area contributed by atoms with Crippen LogP contribution < -0.4 is 0 Å². The molecule has 0 aromatic heterocycles. The summed E-state index contributed by atoms with van der Waals surface area (Å²) < 4.78 is 0. The highest BCUT2D eigenvalue weighted by Crippen LogP contribution is 2.06. The molecule has 0 amide bonds. The van der Waals surface area contributed by atoms with Crippen molar-refractivity contribution >= 4 is 23.7 Å². The molecular weight excluding hydrogens is 244 g/mol. The molecule has 1 aliphatic rings. The van der Waals surface area contributed by atoms with E-state index in [9.17, 15) is 9.59 Å². The van der Waals surface area contributed by atoms with Crippen LogP contribution in [0.2, 0.25) is 0 Å². The Kier molecular flexibility index (Phi) is 6.31. The van der Waals surface area contributed by atoms with Gasteiger partial charge in [-0.15, -0.1) is 0 Å². The minimum atomic E-state index is -0.834. The molecule has 0 bridgehead atoms. The van der Waals surface area contributed by atoms with Gasteiger partial charge in [-0.25, -0.2) is 0 Å². The molecule has 17 heavy (non-hydrogen) atoms. The molecule has 1 fully saturated rings. The average Bonchev–Trinajstić information content (AvgIpc) is 2.31. The molecule has 0 radical (unpaired) electrons. The predicted molar refractivity (Wildman–Crippen MR) is 65.5 cm³/mol. The van der Waals surface area contributed by atoms with Gasteiger partial charge in [0.2, 0.25) is 0 Å². The van der Waals surface area contributed by atoms with E-state index in [0.29, 0.717) is 13.1 Å². The van der Waals surface area contributed by atoms with E-state index in [4.69, 9.17) is 10.2 Å². The normalized spacial score (nSPS) is 20.2. The Morgan fingerprint density at radius 2 is 1.29 bits per heavy atom. The second-order valence-electron chi connectivity index (χ2n) is 3.95. The number of thioether (sulfide) groups is 1. The van der Waals surface area contributed by atoms with Gasteiger partial charge in [0.25, 0.3) is 0 Å². The molecule has 1 heterocycles. The van der Waals surface area contributed by atoms with E-state index in [2.05, 4.69) is 0 Å². The van der Waals surface area contributed by atoms with Crippen LogP contribution in [0, 0.1) is 0 Å². The maximum absolute atomic E-state index is 10.7. The van der Waals surface area contributed by atoms with Crippen molar-refractivity contribution in [1.29, 1.82) is 0 Å². The Balaban J connectivity index is 2.45. The zero-order valence-electron chi connectivity index (χ0n) is 9.67. The summed E-state index contributed by atoms with van der Waals surface area (Å²) in [5.74, 6) is 0.126. The fourth-order valence-electron chi connectivity index (χ4n) is 1.69. The van der Waals surface area contributed by atoms with Crippen molar-refractivity contribution in [2.24, 2.45) is 0 Å². The van der Waals surface area contributed by atoms with Crippen LogP contribution in [-0.2, 0) is 9.59 Å².